The van der Waals surface area contributed by atoms with E-state index in [2.05, 4.69) is 9.71 Å². The van der Waals surface area contributed by atoms with Crippen molar-refractivity contribution in [3.63, 3.8) is 0 Å². The van der Waals surface area contributed by atoms with E-state index in [1.54, 1.807) is 30.5 Å². The molecule has 2 aromatic carbocycles. The van der Waals surface area contributed by atoms with Crippen LogP contribution in [0, 0.1) is 0 Å². The van der Waals surface area contributed by atoms with Crippen molar-refractivity contribution < 1.29 is 23.4 Å². The Bertz CT molecular complexity index is 1120. The quantitative estimate of drug-likeness (QED) is 0.429. The van der Waals surface area contributed by atoms with Crippen molar-refractivity contribution in [2.75, 3.05) is 6.61 Å². The van der Waals surface area contributed by atoms with Crippen LogP contribution in [0.25, 0.3) is 17.0 Å². The highest BCUT2D eigenvalue weighted by Crippen LogP contribution is 2.20. The van der Waals surface area contributed by atoms with E-state index in [-0.39, 0.29) is 17.9 Å². The van der Waals surface area contributed by atoms with Gasteiger partial charge in [0.2, 0.25) is 10.0 Å². The molecule has 1 heterocycles. The number of aliphatic carboxylic acids is 1. The minimum absolute atomic E-state index is 0.0121. The second-order valence-electron chi connectivity index (χ2n) is 6.56. The van der Waals surface area contributed by atoms with E-state index in [1.807, 2.05) is 24.3 Å². The third-order valence-corrected chi connectivity index (χ3v) is 5.98. The van der Waals surface area contributed by atoms with E-state index in [9.17, 15) is 18.3 Å². The first kappa shape index (κ1) is 20.8. The van der Waals surface area contributed by atoms with Crippen LogP contribution in [-0.2, 0) is 21.2 Å². The number of carboxylic acids is 1. The van der Waals surface area contributed by atoms with Crippen molar-refractivity contribution in [1.29, 1.82) is 0 Å². The maximum absolute atomic E-state index is 12.7. The highest BCUT2D eigenvalue weighted by Gasteiger charge is 2.26. The number of hydrogen-bond donors (Lipinski definition) is 4. The Morgan fingerprint density at radius 2 is 1.86 bits per heavy atom. The average molecular weight is 414 g/mol. The predicted molar refractivity (Wildman–Crippen MR) is 111 cm³/mol. The van der Waals surface area contributed by atoms with Gasteiger partial charge in [0.15, 0.2) is 0 Å². The average Bonchev–Trinajstić information content (AvgIpc) is 3.11. The maximum Gasteiger partial charge on any atom is 0.322 e. The van der Waals surface area contributed by atoms with Crippen LogP contribution in [0.15, 0.2) is 65.7 Å². The summed E-state index contributed by atoms with van der Waals surface area (Å²) >= 11 is 0. The molecule has 1 aromatic heterocycles. The van der Waals surface area contributed by atoms with Crippen LogP contribution in [0.3, 0.4) is 0 Å². The van der Waals surface area contributed by atoms with Crippen molar-refractivity contribution in [2.45, 2.75) is 23.8 Å². The number of fused-ring (bicyclic) bond motifs is 1. The topological polar surface area (TPSA) is 119 Å². The van der Waals surface area contributed by atoms with Crippen LogP contribution in [0.1, 0.15) is 17.5 Å². The van der Waals surface area contributed by atoms with Gasteiger partial charge in [0.1, 0.15) is 6.04 Å². The first-order valence-electron chi connectivity index (χ1n) is 9.08. The first-order chi connectivity index (χ1) is 13.9. The number of carbonyl (C=O) groups is 1. The molecule has 3 rings (SSSR count). The van der Waals surface area contributed by atoms with Crippen molar-refractivity contribution in [2.24, 2.45) is 0 Å². The largest absolute Gasteiger partial charge is 0.480 e. The van der Waals surface area contributed by atoms with E-state index >= 15 is 0 Å². The molecule has 0 unspecified atom stereocenters. The summed E-state index contributed by atoms with van der Waals surface area (Å²) in [6.45, 7) is 0.0416. The molecule has 0 aliphatic carbocycles. The van der Waals surface area contributed by atoms with Crippen LogP contribution in [0.4, 0.5) is 0 Å². The van der Waals surface area contributed by atoms with E-state index in [0.29, 0.717) is 6.42 Å². The Labute approximate surface area is 168 Å². The number of para-hydroxylation sites is 1. The molecule has 152 valence electrons. The molecule has 0 aliphatic heterocycles. The number of aliphatic hydroxyl groups is 1. The minimum Gasteiger partial charge on any atom is -0.480 e. The first-order valence-corrected chi connectivity index (χ1v) is 10.6. The van der Waals surface area contributed by atoms with E-state index in [1.165, 1.54) is 12.1 Å². The number of aromatic nitrogens is 1. The number of aromatic amines is 1. The molecule has 0 fully saturated rings. The fraction of sp³-hybridized carbons (Fsp3) is 0.190. The smallest absolute Gasteiger partial charge is 0.322 e. The number of benzene rings is 2. The standard InChI is InChI=1S/C21H22N2O5S/c24-12-4-3-5-15-8-10-17(11-9-15)29(27,28)23-20(21(25)26)13-16-14-22-19-7-2-1-6-18(16)19/h1-3,5-11,14,20,22-24H,4,12-13H2,(H,25,26)/b5-3+/t20-/m1/s1. The van der Waals surface area contributed by atoms with Crippen LogP contribution in [0.2, 0.25) is 0 Å². The fourth-order valence-electron chi connectivity index (χ4n) is 3.01. The molecule has 0 amide bonds. The molecule has 1 atom stereocenters. The molecule has 0 spiro atoms. The summed E-state index contributed by atoms with van der Waals surface area (Å²) in [5, 5.41) is 19.2. The summed E-state index contributed by atoms with van der Waals surface area (Å²) in [4.78, 5) is 14.8. The van der Waals surface area contributed by atoms with Gasteiger partial charge in [0.05, 0.1) is 4.90 Å². The van der Waals surface area contributed by atoms with Crippen molar-refractivity contribution >= 4 is 33.0 Å². The molecule has 4 N–H and O–H groups in total. The Balaban J connectivity index is 1.78. The molecule has 0 radical (unpaired) electrons. The lowest BCUT2D eigenvalue weighted by molar-refractivity contribution is -0.138. The fourth-order valence-corrected chi connectivity index (χ4v) is 4.20. The van der Waals surface area contributed by atoms with E-state index < -0.39 is 22.0 Å². The number of carboxylic acid groups (broad SMARTS) is 1. The zero-order chi connectivity index (χ0) is 20.9. The Morgan fingerprint density at radius 3 is 2.55 bits per heavy atom. The monoisotopic (exact) mass is 414 g/mol. The number of hydrogen-bond acceptors (Lipinski definition) is 4. The molecule has 0 aliphatic rings. The molecule has 8 heteroatoms. The van der Waals surface area contributed by atoms with Gasteiger partial charge >= 0.3 is 5.97 Å². The predicted octanol–water partition coefficient (Wildman–Crippen LogP) is 2.54. The zero-order valence-corrected chi connectivity index (χ0v) is 16.4. The van der Waals surface area contributed by atoms with Crippen molar-refractivity contribution in [1.82, 2.24) is 9.71 Å². The maximum atomic E-state index is 12.7. The van der Waals surface area contributed by atoms with Gasteiger partial charge < -0.3 is 15.2 Å². The summed E-state index contributed by atoms with van der Waals surface area (Å²) in [6, 6.07) is 12.2. The van der Waals surface area contributed by atoms with Gasteiger partial charge in [-0.15, -0.1) is 0 Å². The summed E-state index contributed by atoms with van der Waals surface area (Å²) < 4.78 is 27.6. The highest BCUT2D eigenvalue weighted by molar-refractivity contribution is 7.89. The summed E-state index contributed by atoms with van der Waals surface area (Å²) in [7, 11) is -4.01. The Morgan fingerprint density at radius 1 is 1.14 bits per heavy atom. The number of H-pyrrole nitrogens is 1. The number of sulfonamides is 1. The lowest BCUT2D eigenvalue weighted by Crippen LogP contribution is -2.42. The minimum atomic E-state index is -4.01. The Hall–Kier alpha value is -2.94. The molecule has 3 aromatic rings. The van der Waals surface area contributed by atoms with Gasteiger partial charge in [-0.2, -0.15) is 4.72 Å². The third-order valence-electron chi connectivity index (χ3n) is 4.49. The highest BCUT2D eigenvalue weighted by atomic mass is 32.2. The second kappa shape index (κ2) is 9.04. The van der Waals surface area contributed by atoms with Crippen molar-refractivity contribution in [3.05, 3.63) is 71.9 Å². The van der Waals surface area contributed by atoms with Gasteiger partial charge in [-0.3, -0.25) is 4.79 Å². The van der Waals surface area contributed by atoms with Gasteiger partial charge in [-0.1, -0.05) is 42.5 Å². The molecular formula is C21H22N2O5S. The lowest BCUT2D eigenvalue weighted by atomic mass is 10.1. The lowest BCUT2D eigenvalue weighted by Gasteiger charge is -2.15. The number of aliphatic hydroxyl groups excluding tert-OH is 1. The SMILES string of the molecule is O=C(O)[C@@H](Cc1c[nH]c2ccccc12)NS(=O)(=O)c1ccc(/C=C/CCO)cc1. The van der Waals surface area contributed by atoms with Crippen molar-refractivity contribution in [3.8, 4) is 0 Å². The van der Waals surface area contributed by atoms with Gasteiger partial charge in [-0.05, 0) is 35.7 Å². The van der Waals surface area contributed by atoms with E-state index in [4.69, 9.17) is 5.11 Å². The van der Waals surface area contributed by atoms with Gasteiger partial charge in [0.25, 0.3) is 0 Å². The summed E-state index contributed by atoms with van der Waals surface area (Å²) in [5.74, 6) is -1.25. The summed E-state index contributed by atoms with van der Waals surface area (Å²) in [6.07, 6.45) is 5.78. The van der Waals surface area contributed by atoms with Crippen LogP contribution < -0.4 is 4.72 Å². The normalized spacial score (nSPS) is 13.1. The number of rotatable bonds is 9. The molecular weight excluding hydrogens is 392 g/mol. The molecule has 0 saturated carbocycles. The molecule has 0 bridgehead atoms. The Kier molecular flexibility index (Phi) is 6.48. The molecule has 0 saturated heterocycles. The van der Waals surface area contributed by atoms with Gasteiger partial charge in [-0.25, -0.2) is 8.42 Å². The zero-order valence-electron chi connectivity index (χ0n) is 15.6. The third kappa shape index (κ3) is 5.11. The van der Waals surface area contributed by atoms with Crippen LogP contribution in [-0.4, -0.2) is 42.2 Å². The second-order valence-corrected chi connectivity index (χ2v) is 8.27. The number of nitrogens with one attached hydrogen (secondary N) is 2. The van der Waals surface area contributed by atoms with Crippen LogP contribution >= 0.6 is 0 Å². The summed E-state index contributed by atoms with van der Waals surface area (Å²) in [5.41, 5.74) is 2.37. The van der Waals surface area contributed by atoms with Crippen LogP contribution in [0.5, 0.6) is 0 Å². The van der Waals surface area contributed by atoms with E-state index in [0.717, 1.165) is 22.0 Å². The molecule has 7 nitrogen and oxygen atoms in total. The van der Waals surface area contributed by atoms with Gasteiger partial charge in [0, 0.05) is 30.1 Å². The molecule has 29 heavy (non-hydrogen) atoms.